The summed E-state index contributed by atoms with van der Waals surface area (Å²) in [4.78, 5) is 16.7. The zero-order chi connectivity index (χ0) is 14.5. The van der Waals surface area contributed by atoms with Crippen molar-refractivity contribution < 1.29 is 13.6 Å². The summed E-state index contributed by atoms with van der Waals surface area (Å²) in [5, 5.41) is 6.04. The van der Waals surface area contributed by atoms with Crippen LogP contribution in [0.3, 0.4) is 0 Å². The lowest BCUT2D eigenvalue weighted by Crippen LogP contribution is -2.28. The average molecular weight is 297 g/mol. The Kier molecular flexibility index (Phi) is 4.75. The fourth-order valence-electron chi connectivity index (χ4n) is 1.59. The number of rotatable bonds is 5. The summed E-state index contributed by atoms with van der Waals surface area (Å²) >= 11 is 1.52. The summed E-state index contributed by atoms with van der Waals surface area (Å²) in [5.41, 5.74) is -0.423. The van der Waals surface area contributed by atoms with Crippen LogP contribution in [0.15, 0.2) is 24.4 Å². The molecule has 0 aliphatic rings. The highest BCUT2D eigenvalue weighted by molar-refractivity contribution is 7.11. The molecule has 1 amide bonds. The quantitative estimate of drug-likeness (QED) is 0.891. The third-order valence-electron chi connectivity index (χ3n) is 2.48. The van der Waals surface area contributed by atoms with Crippen LogP contribution in [-0.2, 0) is 11.3 Å². The molecule has 0 spiro atoms. The van der Waals surface area contributed by atoms with Crippen molar-refractivity contribution in [3.05, 3.63) is 45.9 Å². The molecule has 0 radical (unpaired) electrons. The smallest absolute Gasteiger partial charge is 0.238 e. The van der Waals surface area contributed by atoms with Gasteiger partial charge in [0.15, 0.2) is 0 Å². The van der Waals surface area contributed by atoms with Gasteiger partial charge in [-0.1, -0.05) is 6.07 Å². The van der Waals surface area contributed by atoms with Crippen LogP contribution in [0.5, 0.6) is 0 Å². The molecule has 1 heterocycles. The van der Waals surface area contributed by atoms with Crippen molar-refractivity contribution >= 4 is 22.9 Å². The first kappa shape index (κ1) is 14.5. The lowest BCUT2D eigenvalue weighted by Gasteiger charge is -2.07. The Bertz CT molecular complexity index is 595. The highest BCUT2D eigenvalue weighted by Gasteiger charge is 2.11. The number of benzene rings is 1. The highest BCUT2D eigenvalue weighted by atomic mass is 32.1. The second kappa shape index (κ2) is 6.53. The normalized spacial score (nSPS) is 10.6. The van der Waals surface area contributed by atoms with Crippen molar-refractivity contribution in [2.75, 3.05) is 11.9 Å². The molecule has 0 fully saturated rings. The van der Waals surface area contributed by atoms with Crippen LogP contribution in [0.2, 0.25) is 0 Å². The van der Waals surface area contributed by atoms with Gasteiger partial charge >= 0.3 is 0 Å². The Labute approximate surface area is 118 Å². The van der Waals surface area contributed by atoms with E-state index in [2.05, 4.69) is 15.6 Å². The predicted octanol–water partition coefficient (Wildman–Crippen LogP) is 2.46. The summed E-state index contributed by atoms with van der Waals surface area (Å²) < 4.78 is 26.6. The van der Waals surface area contributed by atoms with Gasteiger partial charge < -0.3 is 10.6 Å². The Morgan fingerprint density at radius 1 is 1.35 bits per heavy atom. The number of carbonyl (C=O) groups is 1. The third-order valence-corrected chi connectivity index (χ3v) is 3.39. The summed E-state index contributed by atoms with van der Waals surface area (Å²) in [6.45, 7) is 2.34. The topological polar surface area (TPSA) is 54.0 Å². The molecule has 20 heavy (non-hydrogen) atoms. The van der Waals surface area contributed by atoms with Crippen LogP contribution in [0, 0.1) is 18.6 Å². The number of hydrogen-bond acceptors (Lipinski definition) is 4. The van der Waals surface area contributed by atoms with E-state index in [1.54, 1.807) is 6.20 Å². The van der Waals surface area contributed by atoms with Crippen LogP contribution in [0.4, 0.5) is 14.5 Å². The molecule has 0 unspecified atom stereocenters. The molecular weight excluding hydrogens is 284 g/mol. The standard InChI is InChI=1S/C13H13F2N3OS/c1-8-17-6-9(20-8)5-16-7-12(19)18-13-10(14)3-2-4-11(13)15/h2-4,6,16H,5,7H2,1H3,(H,18,19). The fourth-order valence-corrected chi connectivity index (χ4v) is 2.35. The van der Waals surface area contributed by atoms with E-state index in [1.165, 1.54) is 17.4 Å². The first-order valence-corrected chi connectivity index (χ1v) is 6.74. The van der Waals surface area contributed by atoms with Gasteiger partial charge in [-0.3, -0.25) is 4.79 Å². The molecule has 2 rings (SSSR count). The molecule has 1 aromatic heterocycles. The molecule has 0 aliphatic carbocycles. The van der Waals surface area contributed by atoms with E-state index in [9.17, 15) is 13.6 Å². The van der Waals surface area contributed by atoms with Gasteiger partial charge in [0.1, 0.15) is 17.3 Å². The van der Waals surface area contributed by atoms with Crippen molar-refractivity contribution in [2.45, 2.75) is 13.5 Å². The molecule has 0 atom stereocenters. The third kappa shape index (κ3) is 3.82. The van der Waals surface area contributed by atoms with Crippen molar-refractivity contribution in [2.24, 2.45) is 0 Å². The van der Waals surface area contributed by atoms with E-state index in [1.807, 2.05) is 6.92 Å². The van der Waals surface area contributed by atoms with E-state index in [0.29, 0.717) is 6.54 Å². The van der Waals surface area contributed by atoms with Crippen LogP contribution < -0.4 is 10.6 Å². The van der Waals surface area contributed by atoms with E-state index in [4.69, 9.17) is 0 Å². The zero-order valence-corrected chi connectivity index (χ0v) is 11.6. The predicted molar refractivity (Wildman–Crippen MR) is 73.5 cm³/mol. The van der Waals surface area contributed by atoms with Gasteiger partial charge in [-0.2, -0.15) is 0 Å². The zero-order valence-electron chi connectivity index (χ0n) is 10.7. The maximum Gasteiger partial charge on any atom is 0.238 e. The van der Waals surface area contributed by atoms with Gasteiger partial charge in [-0.15, -0.1) is 11.3 Å². The van der Waals surface area contributed by atoms with Gasteiger partial charge in [0, 0.05) is 17.6 Å². The number of aromatic nitrogens is 1. The maximum absolute atomic E-state index is 13.3. The second-order valence-electron chi connectivity index (χ2n) is 4.09. The number of para-hydroxylation sites is 1. The fraction of sp³-hybridized carbons (Fsp3) is 0.231. The number of thiazole rings is 1. The van der Waals surface area contributed by atoms with Gasteiger partial charge in [-0.25, -0.2) is 13.8 Å². The van der Waals surface area contributed by atoms with Crippen LogP contribution in [0.1, 0.15) is 9.88 Å². The lowest BCUT2D eigenvalue weighted by molar-refractivity contribution is -0.115. The van der Waals surface area contributed by atoms with Crippen molar-refractivity contribution in [1.82, 2.24) is 10.3 Å². The largest absolute Gasteiger partial charge is 0.320 e. The minimum Gasteiger partial charge on any atom is -0.320 e. The number of halogens is 2. The molecule has 2 N–H and O–H groups in total. The Balaban J connectivity index is 1.84. The second-order valence-corrected chi connectivity index (χ2v) is 5.41. The van der Waals surface area contributed by atoms with Crippen molar-refractivity contribution in [3.63, 3.8) is 0 Å². The first-order valence-electron chi connectivity index (χ1n) is 5.92. The molecule has 7 heteroatoms. The molecule has 0 bridgehead atoms. The number of hydrogen-bond donors (Lipinski definition) is 2. The van der Waals surface area contributed by atoms with Crippen LogP contribution in [0.25, 0.3) is 0 Å². The van der Waals surface area contributed by atoms with Gasteiger partial charge in [-0.05, 0) is 19.1 Å². The molecule has 106 valence electrons. The van der Waals surface area contributed by atoms with E-state index in [-0.39, 0.29) is 6.54 Å². The summed E-state index contributed by atoms with van der Waals surface area (Å²) in [7, 11) is 0. The molecule has 0 aliphatic heterocycles. The van der Waals surface area contributed by atoms with Crippen molar-refractivity contribution in [3.8, 4) is 0 Å². The Hall–Kier alpha value is -1.86. The van der Waals surface area contributed by atoms with Gasteiger partial charge in [0.05, 0.1) is 11.6 Å². The summed E-state index contributed by atoms with van der Waals surface area (Å²) in [6, 6.07) is 3.42. The Morgan fingerprint density at radius 2 is 2.05 bits per heavy atom. The maximum atomic E-state index is 13.3. The van der Waals surface area contributed by atoms with Gasteiger partial charge in [0.25, 0.3) is 0 Å². The van der Waals surface area contributed by atoms with Crippen LogP contribution in [-0.4, -0.2) is 17.4 Å². The number of anilines is 1. The number of nitrogens with one attached hydrogen (secondary N) is 2. The number of nitrogens with zero attached hydrogens (tertiary/aromatic N) is 1. The molecule has 2 aromatic rings. The van der Waals surface area contributed by atoms with E-state index >= 15 is 0 Å². The van der Waals surface area contributed by atoms with Gasteiger partial charge in [0.2, 0.25) is 5.91 Å². The molecule has 0 saturated carbocycles. The summed E-state index contributed by atoms with van der Waals surface area (Å²) in [6.07, 6.45) is 1.72. The van der Waals surface area contributed by atoms with E-state index < -0.39 is 23.2 Å². The average Bonchev–Trinajstić information content (AvgIpc) is 2.80. The molecule has 4 nitrogen and oxygen atoms in total. The number of aryl methyl sites for hydroxylation is 1. The minimum atomic E-state index is -0.795. The number of carbonyl (C=O) groups excluding carboxylic acids is 1. The van der Waals surface area contributed by atoms with E-state index in [0.717, 1.165) is 22.0 Å². The number of amides is 1. The molecule has 1 aromatic carbocycles. The minimum absolute atomic E-state index is 0.0370. The highest BCUT2D eigenvalue weighted by Crippen LogP contribution is 2.17. The monoisotopic (exact) mass is 297 g/mol. The molecule has 0 saturated heterocycles. The molecular formula is C13H13F2N3OS. The first-order chi connectivity index (χ1) is 9.56. The van der Waals surface area contributed by atoms with Crippen LogP contribution >= 0.6 is 11.3 Å². The lowest BCUT2D eigenvalue weighted by atomic mass is 10.3. The summed E-state index contributed by atoms with van der Waals surface area (Å²) in [5.74, 6) is -2.09. The van der Waals surface area contributed by atoms with Crippen molar-refractivity contribution in [1.29, 1.82) is 0 Å². The Morgan fingerprint density at radius 3 is 2.65 bits per heavy atom. The SMILES string of the molecule is Cc1ncc(CNCC(=O)Nc2c(F)cccc2F)s1.